The first-order valence-electron chi connectivity index (χ1n) is 8.42. The maximum atomic E-state index is 12.2. The summed E-state index contributed by atoms with van der Waals surface area (Å²) in [6, 6.07) is 5.13. The third-order valence-electron chi connectivity index (χ3n) is 4.06. The van der Waals surface area contributed by atoms with Gasteiger partial charge in [0.15, 0.2) is 17.3 Å². The molecule has 6 nitrogen and oxygen atoms in total. The van der Waals surface area contributed by atoms with Crippen molar-refractivity contribution in [3.05, 3.63) is 23.8 Å². The smallest absolute Gasteiger partial charge is 0.222 e. The Labute approximate surface area is 155 Å². The van der Waals surface area contributed by atoms with E-state index < -0.39 is 0 Å². The van der Waals surface area contributed by atoms with Crippen LogP contribution < -0.4 is 14.8 Å². The number of ketones is 1. The largest absolute Gasteiger partial charge is 0.493 e. The van der Waals surface area contributed by atoms with Crippen LogP contribution in [0.1, 0.15) is 36.5 Å². The van der Waals surface area contributed by atoms with E-state index >= 15 is 0 Å². The van der Waals surface area contributed by atoms with Gasteiger partial charge in [-0.05, 0) is 44.5 Å². The minimum Gasteiger partial charge on any atom is -0.493 e. The number of methoxy groups -OCH3 is 1. The number of halogens is 1. The van der Waals surface area contributed by atoms with E-state index in [4.69, 9.17) is 9.47 Å². The number of rotatable bonds is 7. The Kier molecular flexibility index (Phi) is 9.31. The summed E-state index contributed by atoms with van der Waals surface area (Å²) in [7, 11) is 1.54. The highest BCUT2D eigenvalue weighted by Crippen LogP contribution is 2.28. The highest BCUT2D eigenvalue weighted by atomic mass is 35.5. The molecule has 0 unspecified atom stereocenters. The van der Waals surface area contributed by atoms with Crippen LogP contribution in [0.15, 0.2) is 18.2 Å². The van der Waals surface area contributed by atoms with Crippen molar-refractivity contribution in [2.45, 2.75) is 26.2 Å². The number of carbonyl (C=O) groups is 2. The van der Waals surface area contributed by atoms with Gasteiger partial charge in [0.2, 0.25) is 5.91 Å². The van der Waals surface area contributed by atoms with Gasteiger partial charge in [-0.1, -0.05) is 0 Å². The van der Waals surface area contributed by atoms with Crippen LogP contribution in [-0.4, -0.2) is 56.5 Å². The van der Waals surface area contributed by atoms with Crippen molar-refractivity contribution in [3.8, 4) is 11.5 Å². The molecule has 1 aromatic carbocycles. The van der Waals surface area contributed by atoms with E-state index in [1.165, 1.54) is 6.92 Å². The van der Waals surface area contributed by atoms with Gasteiger partial charge in [0, 0.05) is 31.6 Å². The second kappa shape index (κ2) is 10.9. The quantitative estimate of drug-likeness (QED) is 0.589. The van der Waals surface area contributed by atoms with Crippen molar-refractivity contribution in [2.75, 3.05) is 39.9 Å². The fourth-order valence-electron chi connectivity index (χ4n) is 2.66. The molecule has 25 heavy (non-hydrogen) atoms. The number of benzene rings is 1. The Morgan fingerprint density at radius 1 is 1.20 bits per heavy atom. The first-order valence-corrected chi connectivity index (χ1v) is 8.42. The molecule has 1 saturated heterocycles. The Bertz CT molecular complexity index is 572. The van der Waals surface area contributed by atoms with Gasteiger partial charge in [0.1, 0.15) is 0 Å². The molecule has 2 rings (SSSR count). The molecule has 0 aromatic heterocycles. The van der Waals surface area contributed by atoms with E-state index in [0.717, 1.165) is 32.6 Å². The molecular weight excluding hydrogens is 344 g/mol. The summed E-state index contributed by atoms with van der Waals surface area (Å²) < 4.78 is 11.0. The molecule has 0 spiro atoms. The van der Waals surface area contributed by atoms with Gasteiger partial charge in [0.25, 0.3) is 0 Å². The van der Waals surface area contributed by atoms with Crippen molar-refractivity contribution in [1.82, 2.24) is 10.2 Å². The zero-order valence-corrected chi connectivity index (χ0v) is 15.7. The van der Waals surface area contributed by atoms with Crippen molar-refractivity contribution in [3.63, 3.8) is 0 Å². The molecule has 0 radical (unpaired) electrons. The second-order valence-corrected chi connectivity index (χ2v) is 5.86. The minimum atomic E-state index is -0.0163. The molecule has 1 fully saturated rings. The molecule has 1 aliphatic rings. The molecule has 1 aliphatic heterocycles. The lowest BCUT2D eigenvalue weighted by Crippen LogP contribution is -2.34. The lowest BCUT2D eigenvalue weighted by Gasteiger charge is -2.20. The van der Waals surface area contributed by atoms with Crippen LogP contribution in [0.25, 0.3) is 0 Å². The summed E-state index contributed by atoms with van der Waals surface area (Å²) in [4.78, 5) is 25.5. The fraction of sp³-hybridized carbons (Fsp3) is 0.556. The normalized spacial score (nSPS) is 14.2. The number of hydrogen-bond donors (Lipinski definition) is 1. The number of Topliss-reactive ketones (excluding diaryl/α,β-unsaturated/α-hetero) is 1. The third kappa shape index (κ3) is 6.55. The first kappa shape index (κ1) is 21.3. The number of amides is 1. The Balaban J connectivity index is 0.00000312. The van der Waals surface area contributed by atoms with Crippen molar-refractivity contribution in [1.29, 1.82) is 0 Å². The van der Waals surface area contributed by atoms with Crippen molar-refractivity contribution < 1.29 is 19.1 Å². The second-order valence-electron chi connectivity index (χ2n) is 5.86. The van der Waals surface area contributed by atoms with E-state index in [1.54, 1.807) is 25.3 Å². The van der Waals surface area contributed by atoms with Gasteiger partial charge in [-0.3, -0.25) is 9.59 Å². The highest BCUT2D eigenvalue weighted by Gasteiger charge is 2.15. The van der Waals surface area contributed by atoms with E-state index in [-0.39, 0.29) is 24.1 Å². The number of hydrogen-bond acceptors (Lipinski definition) is 5. The maximum Gasteiger partial charge on any atom is 0.222 e. The maximum absolute atomic E-state index is 12.2. The van der Waals surface area contributed by atoms with Gasteiger partial charge in [-0.15, -0.1) is 12.4 Å². The fourth-order valence-corrected chi connectivity index (χ4v) is 2.66. The molecule has 0 aliphatic carbocycles. The highest BCUT2D eigenvalue weighted by molar-refractivity contribution is 5.94. The number of ether oxygens (including phenoxy) is 2. The average molecular weight is 371 g/mol. The Morgan fingerprint density at radius 2 is 2.00 bits per heavy atom. The Morgan fingerprint density at radius 3 is 2.72 bits per heavy atom. The molecule has 1 N–H and O–H groups in total. The van der Waals surface area contributed by atoms with E-state index in [2.05, 4.69) is 5.32 Å². The zero-order chi connectivity index (χ0) is 17.4. The van der Waals surface area contributed by atoms with Crippen molar-refractivity contribution >= 4 is 24.1 Å². The summed E-state index contributed by atoms with van der Waals surface area (Å²) in [6.07, 6.45) is 2.14. The van der Waals surface area contributed by atoms with Gasteiger partial charge in [-0.25, -0.2) is 0 Å². The van der Waals surface area contributed by atoms with Crippen LogP contribution in [0.5, 0.6) is 11.5 Å². The van der Waals surface area contributed by atoms with Crippen LogP contribution >= 0.6 is 12.4 Å². The van der Waals surface area contributed by atoms with Gasteiger partial charge < -0.3 is 19.7 Å². The Hall–Kier alpha value is -1.79. The van der Waals surface area contributed by atoms with Crippen LogP contribution in [0.2, 0.25) is 0 Å². The SMILES string of the molecule is COc1cc(C(C)=O)ccc1OCCCC(=O)N1CCCNCC1.Cl. The number of nitrogens with zero attached hydrogens (tertiary/aromatic N) is 1. The van der Waals surface area contributed by atoms with Gasteiger partial charge in [0.05, 0.1) is 13.7 Å². The summed E-state index contributed by atoms with van der Waals surface area (Å²) in [5, 5.41) is 3.29. The predicted octanol–water partition coefficient (Wildman–Crippen LogP) is 2.30. The summed E-state index contributed by atoms with van der Waals surface area (Å²) in [5.41, 5.74) is 0.587. The molecule has 1 heterocycles. The van der Waals surface area contributed by atoms with Crippen LogP contribution in [0.3, 0.4) is 0 Å². The van der Waals surface area contributed by atoms with E-state index in [1.807, 2.05) is 4.90 Å². The monoisotopic (exact) mass is 370 g/mol. The summed E-state index contributed by atoms with van der Waals surface area (Å²) in [6.45, 7) is 5.39. The molecule has 1 aromatic rings. The molecule has 7 heteroatoms. The lowest BCUT2D eigenvalue weighted by atomic mass is 10.1. The molecule has 0 bridgehead atoms. The minimum absolute atomic E-state index is 0. The predicted molar refractivity (Wildman–Crippen MR) is 99.0 cm³/mol. The molecular formula is C18H27ClN2O4. The summed E-state index contributed by atoms with van der Waals surface area (Å²) >= 11 is 0. The first-order chi connectivity index (χ1) is 11.6. The summed E-state index contributed by atoms with van der Waals surface area (Å²) in [5.74, 6) is 1.29. The molecule has 140 valence electrons. The van der Waals surface area contributed by atoms with Crippen LogP contribution in [0.4, 0.5) is 0 Å². The molecule has 1 amide bonds. The van der Waals surface area contributed by atoms with Gasteiger partial charge in [-0.2, -0.15) is 0 Å². The van der Waals surface area contributed by atoms with Crippen molar-refractivity contribution in [2.24, 2.45) is 0 Å². The van der Waals surface area contributed by atoms with E-state index in [0.29, 0.717) is 36.5 Å². The van der Waals surface area contributed by atoms with Gasteiger partial charge >= 0.3 is 0 Å². The molecule has 0 atom stereocenters. The topological polar surface area (TPSA) is 67.9 Å². The average Bonchev–Trinajstić information content (AvgIpc) is 2.87. The number of carbonyl (C=O) groups excluding carboxylic acids is 2. The van der Waals surface area contributed by atoms with Crippen LogP contribution in [0, 0.1) is 0 Å². The van der Waals surface area contributed by atoms with Crippen LogP contribution in [-0.2, 0) is 4.79 Å². The third-order valence-corrected chi connectivity index (χ3v) is 4.06. The zero-order valence-electron chi connectivity index (χ0n) is 14.9. The van der Waals surface area contributed by atoms with E-state index in [9.17, 15) is 9.59 Å². The standard InChI is InChI=1S/C18H26N2O4.ClH/c1-14(21)15-6-7-16(17(13-15)23-2)24-12-3-5-18(22)20-10-4-8-19-9-11-20;/h6-7,13,19H,3-5,8-12H2,1-2H3;1H. The number of nitrogens with one attached hydrogen (secondary N) is 1. The lowest BCUT2D eigenvalue weighted by molar-refractivity contribution is -0.131. The molecule has 0 saturated carbocycles.